The lowest BCUT2D eigenvalue weighted by Crippen LogP contribution is -2.45. The van der Waals surface area contributed by atoms with E-state index >= 15 is 0 Å². The van der Waals surface area contributed by atoms with Crippen LogP contribution in [0.4, 0.5) is 16.4 Å². The van der Waals surface area contributed by atoms with Gasteiger partial charge in [0.15, 0.2) is 0 Å². The van der Waals surface area contributed by atoms with Gasteiger partial charge in [-0.2, -0.15) is 0 Å². The third-order valence-electron chi connectivity index (χ3n) is 3.17. The van der Waals surface area contributed by atoms with E-state index in [2.05, 4.69) is 27.1 Å². The summed E-state index contributed by atoms with van der Waals surface area (Å²) in [5, 5.41) is 2.82. The average molecular weight is 303 g/mol. The van der Waals surface area contributed by atoms with Crippen molar-refractivity contribution in [2.75, 3.05) is 11.5 Å². The molecular weight excluding hydrogens is 282 g/mol. The molecule has 0 saturated heterocycles. The Labute approximate surface area is 129 Å². The van der Waals surface area contributed by atoms with Crippen LogP contribution in [0.2, 0.25) is 0 Å². The molecular formula is C15H21N5O2. The molecule has 7 nitrogen and oxygen atoms in total. The van der Waals surface area contributed by atoms with Gasteiger partial charge in [0.2, 0.25) is 0 Å². The number of ether oxygens (including phenoxy) is 1. The Morgan fingerprint density at radius 1 is 1.32 bits per heavy atom. The summed E-state index contributed by atoms with van der Waals surface area (Å²) in [6.07, 6.45) is 2.47. The van der Waals surface area contributed by atoms with Gasteiger partial charge in [-0.1, -0.05) is 11.8 Å². The Hall–Kier alpha value is -2.49. The number of nitrogens with one attached hydrogen (secondary N) is 1. The van der Waals surface area contributed by atoms with Crippen LogP contribution in [0.5, 0.6) is 0 Å². The molecule has 0 spiro atoms. The number of nitrogens with two attached hydrogens (primary N) is 2. The Bertz CT molecular complexity index is 601. The molecule has 0 bridgehead atoms. The maximum atomic E-state index is 11.6. The molecule has 0 unspecified atom stereocenters. The molecule has 1 aromatic heterocycles. The maximum absolute atomic E-state index is 11.6. The second-order valence-corrected chi connectivity index (χ2v) is 6.30. The molecule has 0 atom stereocenters. The second kappa shape index (κ2) is 6.10. The molecule has 0 aromatic carbocycles. The van der Waals surface area contributed by atoms with Crippen molar-refractivity contribution < 1.29 is 9.53 Å². The monoisotopic (exact) mass is 303 g/mol. The fraction of sp³-hybridized carbons (Fsp3) is 0.533. The number of amides is 1. The Balaban J connectivity index is 1.84. The summed E-state index contributed by atoms with van der Waals surface area (Å²) in [6.45, 7) is 5.50. The zero-order chi connectivity index (χ0) is 16.3. The zero-order valence-electron chi connectivity index (χ0n) is 13.0. The van der Waals surface area contributed by atoms with Gasteiger partial charge < -0.3 is 21.5 Å². The molecule has 1 saturated carbocycles. The fourth-order valence-corrected chi connectivity index (χ4v) is 2.04. The summed E-state index contributed by atoms with van der Waals surface area (Å²) in [6, 6.07) is 0.0934. The molecule has 2 rings (SSSR count). The molecule has 1 aliphatic rings. The van der Waals surface area contributed by atoms with Gasteiger partial charge in [0.25, 0.3) is 0 Å². The first-order valence-electron chi connectivity index (χ1n) is 7.11. The number of aromatic nitrogens is 2. The molecule has 1 heterocycles. The lowest BCUT2D eigenvalue weighted by Gasteiger charge is -2.33. The van der Waals surface area contributed by atoms with E-state index in [4.69, 9.17) is 16.2 Å². The number of hydrogen-bond donors (Lipinski definition) is 3. The van der Waals surface area contributed by atoms with Crippen LogP contribution < -0.4 is 16.8 Å². The molecule has 1 fully saturated rings. The second-order valence-electron chi connectivity index (χ2n) is 6.30. The van der Waals surface area contributed by atoms with Crippen LogP contribution in [0.3, 0.4) is 0 Å². The number of carbonyl (C=O) groups is 1. The Kier molecular flexibility index (Phi) is 4.40. The number of anilines is 2. The van der Waals surface area contributed by atoms with E-state index in [-0.39, 0.29) is 23.6 Å². The third-order valence-corrected chi connectivity index (χ3v) is 3.17. The summed E-state index contributed by atoms with van der Waals surface area (Å²) in [4.78, 5) is 19.3. The number of nitrogens with zero attached hydrogens (tertiary/aromatic N) is 2. The van der Waals surface area contributed by atoms with Gasteiger partial charge >= 0.3 is 6.09 Å². The van der Waals surface area contributed by atoms with Crippen molar-refractivity contribution in [2.45, 2.75) is 45.3 Å². The summed E-state index contributed by atoms with van der Waals surface area (Å²) in [5.41, 5.74) is 11.4. The predicted molar refractivity (Wildman–Crippen MR) is 83.6 cm³/mol. The number of nitrogen functional groups attached to an aromatic ring is 2. The summed E-state index contributed by atoms with van der Waals surface area (Å²) in [5.74, 6) is 6.77. The summed E-state index contributed by atoms with van der Waals surface area (Å²) < 4.78 is 5.20. The van der Waals surface area contributed by atoms with E-state index in [1.165, 1.54) is 6.33 Å². The summed E-state index contributed by atoms with van der Waals surface area (Å²) in [7, 11) is 0. The highest BCUT2D eigenvalue weighted by atomic mass is 16.6. The standard InChI is InChI=1S/C15H21N5O2/c1-15(2,3)22-14(21)20-10-6-9(7-10)4-5-11-12(16)18-8-19-13(11)17/h8-10H,6-7H2,1-3H3,(H,20,21)(H4,16,17,18,19)/t9-,10-. The lowest BCUT2D eigenvalue weighted by atomic mass is 9.81. The van der Waals surface area contributed by atoms with Gasteiger partial charge in [-0.25, -0.2) is 14.8 Å². The average Bonchev–Trinajstić information content (AvgIpc) is 2.32. The Morgan fingerprint density at radius 3 is 2.45 bits per heavy atom. The van der Waals surface area contributed by atoms with Crippen molar-refractivity contribution >= 4 is 17.7 Å². The predicted octanol–water partition coefficient (Wildman–Crippen LogP) is 1.30. The molecule has 118 valence electrons. The first-order chi connectivity index (χ1) is 10.2. The molecule has 5 N–H and O–H groups in total. The minimum absolute atomic E-state index is 0.0934. The zero-order valence-corrected chi connectivity index (χ0v) is 13.0. The number of alkyl carbamates (subject to hydrolysis) is 1. The molecule has 22 heavy (non-hydrogen) atoms. The van der Waals surface area contributed by atoms with Crippen LogP contribution in [-0.2, 0) is 4.74 Å². The Morgan fingerprint density at radius 2 is 1.91 bits per heavy atom. The first-order valence-corrected chi connectivity index (χ1v) is 7.11. The van der Waals surface area contributed by atoms with Gasteiger partial charge in [-0.05, 0) is 33.6 Å². The first kappa shape index (κ1) is 15.9. The minimum atomic E-state index is -0.491. The molecule has 0 aliphatic heterocycles. The number of rotatable bonds is 1. The van der Waals surface area contributed by atoms with Crippen LogP contribution >= 0.6 is 0 Å². The SMILES string of the molecule is CC(C)(C)OC(=O)N[C@H]1C[C@H](C#Cc2c(N)ncnc2N)C1. The van der Waals surface area contributed by atoms with E-state index in [9.17, 15) is 4.79 Å². The highest BCUT2D eigenvalue weighted by Gasteiger charge is 2.30. The van der Waals surface area contributed by atoms with Crippen molar-refractivity contribution in [1.29, 1.82) is 0 Å². The number of carbonyl (C=O) groups excluding carboxylic acids is 1. The molecule has 1 amide bonds. The van der Waals surface area contributed by atoms with E-state index in [1.807, 2.05) is 20.8 Å². The van der Waals surface area contributed by atoms with Gasteiger partial charge in [0.05, 0.1) is 0 Å². The van der Waals surface area contributed by atoms with E-state index < -0.39 is 11.7 Å². The molecule has 1 aliphatic carbocycles. The quantitative estimate of drug-likeness (QED) is 0.673. The molecule has 1 aromatic rings. The van der Waals surface area contributed by atoms with Crippen LogP contribution in [0.25, 0.3) is 0 Å². The molecule has 7 heteroatoms. The van der Waals surface area contributed by atoms with Crippen molar-refractivity contribution in [1.82, 2.24) is 15.3 Å². The van der Waals surface area contributed by atoms with E-state index in [0.29, 0.717) is 5.56 Å². The minimum Gasteiger partial charge on any atom is -0.444 e. The van der Waals surface area contributed by atoms with Gasteiger partial charge in [-0.15, -0.1) is 0 Å². The molecule has 0 radical (unpaired) electrons. The van der Waals surface area contributed by atoms with Crippen molar-refractivity contribution in [3.63, 3.8) is 0 Å². The maximum Gasteiger partial charge on any atom is 0.407 e. The highest BCUT2D eigenvalue weighted by molar-refractivity contribution is 5.68. The largest absolute Gasteiger partial charge is 0.444 e. The van der Waals surface area contributed by atoms with E-state index in [1.54, 1.807) is 0 Å². The van der Waals surface area contributed by atoms with Crippen LogP contribution in [0.15, 0.2) is 6.33 Å². The van der Waals surface area contributed by atoms with Crippen molar-refractivity contribution in [3.05, 3.63) is 11.9 Å². The topological polar surface area (TPSA) is 116 Å². The van der Waals surface area contributed by atoms with Crippen LogP contribution in [0, 0.1) is 17.8 Å². The fourth-order valence-electron chi connectivity index (χ4n) is 2.04. The number of hydrogen-bond acceptors (Lipinski definition) is 6. The highest BCUT2D eigenvalue weighted by Crippen LogP contribution is 2.27. The van der Waals surface area contributed by atoms with Crippen molar-refractivity contribution in [2.24, 2.45) is 5.92 Å². The lowest BCUT2D eigenvalue weighted by molar-refractivity contribution is 0.0467. The van der Waals surface area contributed by atoms with Gasteiger partial charge in [-0.3, -0.25) is 0 Å². The summed E-state index contributed by atoms with van der Waals surface area (Å²) >= 11 is 0. The van der Waals surface area contributed by atoms with Gasteiger partial charge in [0, 0.05) is 12.0 Å². The van der Waals surface area contributed by atoms with Crippen LogP contribution in [0.1, 0.15) is 39.2 Å². The van der Waals surface area contributed by atoms with Crippen molar-refractivity contribution in [3.8, 4) is 11.8 Å². The smallest absolute Gasteiger partial charge is 0.407 e. The normalized spacial score (nSPS) is 20.3. The third kappa shape index (κ3) is 4.25. The van der Waals surface area contributed by atoms with Gasteiger partial charge in [0.1, 0.15) is 29.1 Å². The van der Waals surface area contributed by atoms with Crippen LogP contribution in [-0.4, -0.2) is 27.7 Å². The van der Waals surface area contributed by atoms with E-state index in [0.717, 1.165) is 12.8 Å².